The summed E-state index contributed by atoms with van der Waals surface area (Å²) in [5, 5.41) is 0. The molecule has 0 N–H and O–H groups in total. The highest BCUT2D eigenvalue weighted by Crippen LogP contribution is 2.43. The molecule has 1 amide bonds. The third-order valence-corrected chi connectivity index (χ3v) is 5.76. The van der Waals surface area contributed by atoms with Crippen LogP contribution >= 0.6 is 0 Å². The molecular weight excluding hydrogens is 308 g/mol. The van der Waals surface area contributed by atoms with Gasteiger partial charge in [-0.05, 0) is 43.9 Å². The second kappa shape index (κ2) is 6.30. The predicted molar refractivity (Wildman–Crippen MR) is 102 cm³/mol. The molecule has 1 fully saturated rings. The molecule has 1 saturated heterocycles. The van der Waals surface area contributed by atoms with E-state index in [4.69, 9.17) is 0 Å². The van der Waals surface area contributed by atoms with Crippen LogP contribution < -0.4 is 4.90 Å². The van der Waals surface area contributed by atoms with Crippen molar-refractivity contribution in [3.05, 3.63) is 65.7 Å². The standard InChI is InChI=1S/C22H26N2O/c1-22(2)19-10-6-7-11-20(19)24(21(22)25)18-12-14-23(15-13-18)16-17-8-4-3-5-9-17/h3-11,18H,12-16H2,1-2H3. The van der Waals surface area contributed by atoms with Crippen molar-refractivity contribution in [2.45, 2.75) is 44.7 Å². The minimum Gasteiger partial charge on any atom is -0.308 e. The van der Waals surface area contributed by atoms with Crippen LogP contribution in [0.2, 0.25) is 0 Å². The molecule has 0 aliphatic carbocycles. The first-order valence-electron chi connectivity index (χ1n) is 9.27. The molecule has 3 heteroatoms. The number of anilines is 1. The lowest BCUT2D eigenvalue weighted by Gasteiger charge is -2.37. The van der Waals surface area contributed by atoms with E-state index in [1.807, 2.05) is 12.1 Å². The Bertz CT molecular complexity index is 761. The lowest BCUT2D eigenvalue weighted by molar-refractivity contribution is -0.122. The number of benzene rings is 2. The van der Waals surface area contributed by atoms with Crippen LogP contribution in [0.15, 0.2) is 54.6 Å². The number of piperidine rings is 1. The Morgan fingerprint density at radius 2 is 1.60 bits per heavy atom. The van der Waals surface area contributed by atoms with E-state index in [0.717, 1.165) is 38.2 Å². The Hall–Kier alpha value is -2.13. The summed E-state index contributed by atoms with van der Waals surface area (Å²) < 4.78 is 0. The van der Waals surface area contributed by atoms with E-state index in [1.165, 1.54) is 11.1 Å². The van der Waals surface area contributed by atoms with E-state index in [0.29, 0.717) is 6.04 Å². The first-order chi connectivity index (χ1) is 12.1. The minimum atomic E-state index is -0.405. The van der Waals surface area contributed by atoms with Crippen molar-refractivity contribution in [3.63, 3.8) is 0 Å². The normalized spacial score (nSPS) is 20.7. The summed E-state index contributed by atoms with van der Waals surface area (Å²) in [6.45, 7) is 7.21. The van der Waals surface area contributed by atoms with E-state index >= 15 is 0 Å². The van der Waals surface area contributed by atoms with Crippen LogP contribution in [0.4, 0.5) is 5.69 Å². The molecule has 0 bridgehead atoms. The summed E-state index contributed by atoms with van der Waals surface area (Å²) in [4.78, 5) is 17.7. The highest BCUT2D eigenvalue weighted by molar-refractivity contribution is 6.08. The van der Waals surface area contributed by atoms with E-state index in [9.17, 15) is 4.79 Å². The second-order valence-corrected chi connectivity index (χ2v) is 7.81. The Kier molecular flexibility index (Phi) is 4.12. The number of carbonyl (C=O) groups excluding carboxylic acids is 1. The van der Waals surface area contributed by atoms with E-state index in [1.54, 1.807) is 0 Å². The second-order valence-electron chi connectivity index (χ2n) is 7.81. The van der Waals surface area contributed by atoms with Gasteiger partial charge >= 0.3 is 0 Å². The highest BCUT2D eigenvalue weighted by Gasteiger charge is 2.46. The SMILES string of the molecule is CC1(C)C(=O)N(C2CCN(Cc3ccccc3)CC2)c2ccccc21. The third-order valence-electron chi connectivity index (χ3n) is 5.76. The van der Waals surface area contributed by atoms with Gasteiger partial charge in [-0.25, -0.2) is 0 Å². The van der Waals surface area contributed by atoms with Crippen molar-refractivity contribution in [2.75, 3.05) is 18.0 Å². The fourth-order valence-electron chi connectivity index (χ4n) is 4.28. The van der Waals surface area contributed by atoms with Gasteiger partial charge in [0.15, 0.2) is 0 Å². The number of likely N-dealkylation sites (tertiary alicyclic amines) is 1. The number of hydrogen-bond donors (Lipinski definition) is 0. The highest BCUT2D eigenvalue weighted by atomic mass is 16.2. The van der Waals surface area contributed by atoms with Crippen molar-refractivity contribution in [1.82, 2.24) is 4.90 Å². The quantitative estimate of drug-likeness (QED) is 0.848. The zero-order chi connectivity index (χ0) is 17.4. The van der Waals surface area contributed by atoms with Gasteiger partial charge < -0.3 is 4.90 Å². The molecule has 0 unspecified atom stereocenters. The Labute approximate surface area is 150 Å². The number of carbonyl (C=O) groups is 1. The van der Waals surface area contributed by atoms with Crippen LogP contribution in [0.25, 0.3) is 0 Å². The molecule has 25 heavy (non-hydrogen) atoms. The summed E-state index contributed by atoms with van der Waals surface area (Å²) in [5.74, 6) is 0.259. The zero-order valence-corrected chi connectivity index (χ0v) is 15.1. The fourth-order valence-corrected chi connectivity index (χ4v) is 4.28. The zero-order valence-electron chi connectivity index (χ0n) is 15.1. The third kappa shape index (κ3) is 2.87. The Morgan fingerprint density at radius 3 is 2.32 bits per heavy atom. The molecule has 0 radical (unpaired) electrons. The van der Waals surface area contributed by atoms with Gasteiger partial charge in [-0.15, -0.1) is 0 Å². The van der Waals surface area contributed by atoms with Crippen LogP contribution in [0.5, 0.6) is 0 Å². The summed E-state index contributed by atoms with van der Waals surface area (Å²) in [7, 11) is 0. The number of amides is 1. The van der Waals surface area contributed by atoms with Crippen LogP contribution in [-0.4, -0.2) is 29.9 Å². The molecule has 2 aromatic carbocycles. The molecule has 3 nitrogen and oxygen atoms in total. The van der Waals surface area contributed by atoms with Gasteiger partial charge in [0.25, 0.3) is 0 Å². The van der Waals surface area contributed by atoms with Gasteiger partial charge in [0.2, 0.25) is 5.91 Å². The number of para-hydroxylation sites is 1. The number of hydrogen-bond acceptors (Lipinski definition) is 2. The minimum absolute atomic E-state index is 0.259. The van der Waals surface area contributed by atoms with Gasteiger partial charge in [0, 0.05) is 31.4 Å². The fraction of sp³-hybridized carbons (Fsp3) is 0.409. The molecule has 2 aliphatic heterocycles. The molecule has 2 heterocycles. The van der Waals surface area contributed by atoms with Crippen LogP contribution in [-0.2, 0) is 16.8 Å². The maximum absolute atomic E-state index is 13.1. The van der Waals surface area contributed by atoms with Crippen LogP contribution in [0.1, 0.15) is 37.8 Å². The van der Waals surface area contributed by atoms with Crippen molar-refractivity contribution in [2.24, 2.45) is 0 Å². The van der Waals surface area contributed by atoms with Gasteiger partial charge in [-0.2, -0.15) is 0 Å². The van der Waals surface area contributed by atoms with Gasteiger partial charge in [-0.3, -0.25) is 9.69 Å². The van der Waals surface area contributed by atoms with Crippen LogP contribution in [0.3, 0.4) is 0 Å². The van der Waals surface area contributed by atoms with Crippen molar-refractivity contribution in [3.8, 4) is 0 Å². The van der Waals surface area contributed by atoms with Gasteiger partial charge in [0.05, 0.1) is 5.41 Å². The van der Waals surface area contributed by atoms with E-state index in [-0.39, 0.29) is 5.91 Å². The average Bonchev–Trinajstić information content (AvgIpc) is 2.84. The molecule has 130 valence electrons. The lowest BCUT2D eigenvalue weighted by Crippen LogP contribution is -2.48. The maximum atomic E-state index is 13.1. The smallest absolute Gasteiger partial charge is 0.237 e. The lowest BCUT2D eigenvalue weighted by atomic mass is 9.86. The molecule has 0 aromatic heterocycles. The molecule has 4 rings (SSSR count). The number of nitrogens with zero attached hydrogens (tertiary/aromatic N) is 2. The summed E-state index contributed by atoms with van der Waals surface area (Å²) in [6, 6.07) is 19.3. The van der Waals surface area contributed by atoms with Crippen LogP contribution in [0, 0.1) is 0 Å². The molecule has 0 saturated carbocycles. The molecule has 2 aromatic rings. The molecule has 2 aliphatic rings. The average molecular weight is 334 g/mol. The van der Waals surface area contributed by atoms with Crippen molar-refractivity contribution >= 4 is 11.6 Å². The predicted octanol–water partition coefficient (Wildman–Crippen LogP) is 3.98. The summed E-state index contributed by atoms with van der Waals surface area (Å²) >= 11 is 0. The Morgan fingerprint density at radius 1 is 0.960 bits per heavy atom. The first kappa shape index (κ1) is 16.3. The van der Waals surface area contributed by atoms with Gasteiger partial charge in [0.1, 0.15) is 0 Å². The first-order valence-corrected chi connectivity index (χ1v) is 9.27. The molecule has 0 atom stereocenters. The molecule has 0 spiro atoms. The van der Waals surface area contributed by atoms with Crippen molar-refractivity contribution in [1.29, 1.82) is 0 Å². The Balaban J connectivity index is 1.47. The monoisotopic (exact) mass is 334 g/mol. The van der Waals surface area contributed by atoms with E-state index in [2.05, 4.69) is 66.1 Å². The summed E-state index contributed by atoms with van der Waals surface area (Å²) in [5.41, 5.74) is 3.26. The van der Waals surface area contributed by atoms with Gasteiger partial charge in [-0.1, -0.05) is 48.5 Å². The maximum Gasteiger partial charge on any atom is 0.237 e. The number of fused-ring (bicyclic) bond motifs is 1. The summed E-state index contributed by atoms with van der Waals surface area (Å²) in [6.07, 6.45) is 2.09. The molecular formula is C22H26N2O. The topological polar surface area (TPSA) is 23.6 Å². The van der Waals surface area contributed by atoms with E-state index < -0.39 is 5.41 Å². The van der Waals surface area contributed by atoms with Crippen molar-refractivity contribution < 1.29 is 4.79 Å². The largest absolute Gasteiger partial charge is 0.308 e. The number of rotatable bonds is 3.